The van der Waals surface area contributed by atoms with Gasteiger partial charge in [-0.3, -0.25) is 4.79 Å². The first-order valence-electron chi connectivity index (χ1n) is 5.35. The Morgan fingerprint density at radius 2 is 2.47 bits per heavy atom. The molecule has 1 fully saturated rings. The molecule has 92 valence electrons. The SMILES string of the molecule is COC1CCN(C(=O)c2cc(N)ncc2Br)C1. The number of pyridine rings is 1. The average molecular weight is 300 g/mol. The van der Waals surface area contributed by atoms with Crippen LogP contribution in [0.5, 0.6) is 0 Å². The van der Waals surface area contributed by atoms with Crippen molar-refractivity contribution in [2.24, 2.45) is 0 Å². The van der Waals surface area contributed by atoms with Crippen LogP contribution in [0.1, 0.15) is 16.8 Å². The predicted molar refractivity (Wildman–Crippen MR) is 67.7 cm³/mol. The van der Waals surface area contributed by atoms with E-state index in [2.05, 4.69) is 20.9 Å². The van der Waals surface area contributed by atoms with E-state index in [1.807, 2.05) is 0 Å². The van der Waals surface area contributed by atoms with Crippen molar-refractivity contribution in [3.8, 4) is 0 Å². The van der Waals surface area contributed by atoms with Gasteiger partial charge >= 0.3 is 0 Å². The van der Waals surface area contributed by atoms with Crippen molar-refractivity contribution in [3.63, 3.8) is 0 Å². The molecule has 6 heteroatoms. The molecule has 0 radical (unpaired) electrons. The molecule has 1 atom stereocenters. The Kier molecular flexibility index (Phi) is 3.63. The van der Waals surface area contributed by atoms with Crippen LogP contribution in [0.2, 0.25) is 0 Å². The van der Waals surface area contributed by atoms with E-state index in [1.54, 1.807) is 24.3 Å². The Morgan fingerprint density at radius 1 is 1.71 bits per heavy atom. The Bertz CT molecular complexity index is 439. The van der Waals surface area contributed by atoms with Gasteiger partial charge in [0, 0.05) is 30.9 Å². The van der Waals surface area contributed by atoms with Gasteiger partial charge in [0.25, 0.3) is 5.91 Å². The van der Waals surface area contributed by atoms with E-state index in [9.17, 15) is 4.79 Å². The van der Waals surface area contributed by atoms with E-state index in [0.29, 0.717) is 28.9 Å². The number of anilines is 1. The summed E-state index contributed by atoms with van der Waals surface area (Å²) in [6, 6.07) is 1.59. The maximum atomic E-state index is 12.2. The zero-order valence-electron chi connectivity index (χ0n) is 9.52. The van der Waals surface area contributed by atoms with Crippen molar-refractivity contribution < 1.29 is 9.53 Å². The van der Waals surface area contributed by atoms with E-state index in [1.165, 1.54) is 0 Å². The predicted octanol–water partition coefficient (Wildman–Crippen LogP) is 1.29. The van der Waals surface area contributed by atoms with Gasteiger partial charge in [0.1, 0.15) is 5.82 Å². The molecule has 1 aromatic rings. The van der Waals surface area contributed by atoms with Gasteiger partial charge in [-0.15, -0.1) is 0 Å². The number of methoxy groups -OCH3 is 1. The van der Waals surface area contributed by atoms with Gasteiger partial charge in [-0.1, -0.05) is 0 Å². The fraction of sp³-hybridized carbons (Fsp3) is 0.455. The molecule has 1 aromatic heterocycles. The highest BCUT2D eigenvalue weighted by molar-refractivity contribution is 9.10. The van der Waals surface area contributed by atoms with E-state index in [0.717, 1.165) is 6.42 Å². The molecule has 1 unspecified atom stereocenters. The van der Waals surface area contributed by atoms with Crippen LogP contribution in [0, 0.1) is 0 Å². The van der Waals surface area contributed by atoms with Crippen molar-refractivity contribution in [1.29, 1.82) is 0 Å². The summed E-state index contributed by atoms with van der Waals surface area (Å²) in [6.45, 7) is 1.34. The number of likely N-dealkylation sites (tertiary alicyclic amines) is 1. The minimum atomic E-state index is -0.0366. The molecule has 2 rings (SSSR count). The highest BCUT2D eigenvalue weighted by Gasteiger charge is 2.27. The Labute approximate surface area is 108 Å². The lowest BCUT2D eigenvalue weighted by molar-refractivity contribution is 0.0723. The van der Waals surface area contributed by atoms with Gasteiger partial charge in [-0.2, -0.15) is 0 Å². The van der Waals surface area contributed by atoms with Crippen molar-refractivity contribution in [2.75, 3.05) is 25.9 Å². The second-order valence-corrected chi connectivity index (χ2v) is 4.84. The second kappa shape index (κ2) is 5.01. The molecule has 1 aliphatic heterocycles. The monoisotopic (exact) mass is 299 g/mol. The van der Waals surface area contributed by atoms with E-state index >= 15 is 0 Å². The summed E-state index contributed by atoms with van der Waals surface area (Å²) in [6.07, 6.45) is 2.56. The Morgan fingerprint density at radius 3 is 3.12 bits per heavy atom. The molecule has 2 N–H and O–H groups in total. The largest absolute Gasteiger partial charge is 0.384 e. The maximum Gasteiger partial charge on any atom is 0.255 e. The molecule has 5 nitrogen and oxygen atoms in total. The summed E-state index contributed by atoms with van der Waals surface area (Å²) in [4.78, 5) is 17.9. The van der Waals surface area contributed by atoms with Gasteiger partial charge in [-0.05, 0) is 28.4 Å². The van der Waals surface area contributed by atoms with Crippen molar-refractivity contribution >= 4 is 27.7 Å². The minimum absolute atomic E-state index is 0.0366. The smallest absolute Gasteiger partial charge is 0.255 e. The summed E-state index contributed by atoms with van der Waals surface area (Å²) in [5.74, 6) is 0.310. The first-order valence-corrected chi connectivity index (χ1v) is 6.14. The number of ether oxygens (including phenoxy) is 1. The number of nitrogens with two attached hydrogens (primary N) is 1. The molecular weight excluding hydrogens is 286 g/mol. The Balaban J connectivity index is 2.17. The van der Waals surface area contributed by atoms with Crippen LogP contribution in [-0.2, 0) is 4.74 Å². The Hall–Kier alpha value is -1.14. The molecule has 0 aromatic carbocycles. The van der Waals surface area contributed by atoms with Crippen molar-refractivity contribution in [1.82, 2.24) is 9.88 Å². The number of nitrogens with zero attached hydrogens (tertiary/aromatic N) is 2. The highest BCUT2D eigenvalue weighted by Crippen LogP contribution is 2.22. The standard InChI is InChI=1S/C11H14BrN3O2/c1-17-7-2-3-15(6-7)11(16)8-4-10(13)14-5-9(8)12/h4-5,7H,2-3,6H2,1H3,(H2,13,14). The highest BCUT2D eigenvalue weighted by atomic mass is 79.9. The second-order valence-electron chi connectivity index (χ2n) is 3.99. The molecular formula is C11H14BrN3O2. The van der Waals surface area contributed by atoms with Crippen molar-refractivity contribution in [2.45, 2.75) is 12.5 Å². The normalized spacial score (nSPS) is 19.6. The number of hydrogen-bond acceptors (Lipinski definition) is 4. The molecule has 17 heavy (non-hydrogen) atoms. The molecule has 0 bridgehead atoms. The first kappa shape index (κ1) is 12.3. The molecule has 2 heterocycles. The maximum absolute atomic E-state index is 12.2. The van der Waals surface area contributed by atoms with Crippen LogP contribution in [-0.4, -0.2) is 42.1 Å². The van der Waals surface area contributed by atoms with Gasteiger partial charge in [0.05, 0.1) is 11.7 Å². The number of halogens is 1. The van der Waals surface area contributed by atoms with Gasteiger partial charge in [0.15, 0.2) is 0 Å². The fourth-order valence-corrected chi connectivity index (χ4v) is 2.28. The van der Waals surface area contributed by atoms with Crippen LogP contribution in [0.15, 0.2) is 16.7 Å². The lowest BCUT2D eigenvalue weighted by Crippen LogP contribution is -2.30. The zero-order chi connectivity index (χ0) is 12.4. The molecule has 1 amide bonds. The molecule has 0 aliphatic carbocycles. The molecule has 1 saturated heterocycles. The van der Waals surface area contributed by atoms with Gasteiger partial charge < -0.3 is 15.4 Å². The third kappa shape index (κ3) is 2.58. The summed E-state index contributed by atoms with van der Waals surface area (Å²) in [5.41, 5.74) is 6.14. The third-order valence-electron chi connectivity index (χ3n) is 2.87. The number of amides is 1. The summed E-state index contributed by atoms with van der Waals surface area (Å²) < 4.78 is 5.90. The average Bonchev–Trinajstić information content (AvgIpc) is 2.80. The van der Waals surface area contributed by atoms with Crippen LogP contribution < -0.4 is 5.73 Å². The van der Waals surface area contributed by atoms with E-state index in [4.69, 9.17) is 10.5 Å². The van der Waals surface area contributed by atoms with E-state index in [-0.39, 0.29) is 12.0 Å². The number of carbonyl (C=O) groups excluding carboxylic acids is 1. The quantitative estimate of drug-likeness (QED) is 0.893. The number of rotatable bonds is 2. The van der Waals surface area contributed by atoms with Gasteiger partial charge in [0.2, 0.25) is 0 Å². The van der Waals surface area contributed by atoms with Crippen LogP contribution in [0.25, 0.3) is 0 Å². The summed E-state index contributed by atoms with van der Waals surface area (Å²) in [7, 11) is 1.67. The van der Waals surface area contributed by atoms with Crippen LogP contribution >= 0.6 is 15.9 Å². The summed E-state index contributed by atoms with van der Waals surface area (Å²) in [5, 5.41) is 0. The fourth-order valence-electron chi connectivity index (χ4n) is 1.89. The summed E-state index contributed by atoms with van der Waals surface area (Å²) >= 11 is 3.31. The number of aromatic nitrogens is 1. The van der Waals surface area contributed by atoms with E-state index < -0.39 is 0 Å². The topological polar surface area (TPSA) is 68.5 Å². The van der Waals surface area contributed by atoms with Crippen LogP contribution in [0.3, 0.4) is 0 Å². The zero-order valence-corrected chi connectivity index (χ0v) is 11.1. The van der Waals surface area contributed by atoms with Gasteiger partial charge in [-0.25, -0.2) is 4.98 Å². The third-order valence-corrected chi connectivity index (χ3v) is 3.50. The van der Waals surface area contributed by atoms with Crippen molar-refractivity contribution in [3.05, 3.63) is 22.3 Å². The van der Waals surface area contributed by atoms with Crippen LogP contribution in [0.4, 0.5) is 5.82 Å². The lowest BCUT2D eigenvalue weighted by atomic mass is 10.2. The number of hydrogen-bond donors (Lipinski definition) is 1. The minimum Gasteiger partial charge on any atom is -0.384 e. The lowest BCUT2D eigenvalue weighted by Gasteiger charge is -2.17. The molecule has 0 spiro atoms. The number of carbonyl (C=O) groups is 1. The first-order chi connectivity index (χ1) is 8.11. The molecule has 1 aliphatic rings. The number of nitrogen functional groups attached to an aromatic ring is 1. The molecule has 0 saturated carbocycles.